The van der Waals surface area contributed by atoms with Crippen molar-refractivity contribution in [3.63, 3.8) is 0 Å². The summed E-state index contributed by atoms with van der Waals surface area (Å²) in [6.45, 7) is 7.17. The van der Waals surface area contributed by atoms with E-state index in [-0.39, 0.29) is 17.3 Å². The minimum atomic E-state index is -3.33. The van der Waals surface area contributed by atoms with Gasteiger partial charge in [0, 0.05) is 17.1 Å². The van der Waals surface area contributed by atoms with Gasteiger partial charge in [-0.1, -0.05) is 25.4 Å². The molecule has 0 bridgehead atoms. The molecular formula is C20H26ClN5O4S. The summed E-state index contributed by atoms with van der Waals surface area (Å²) in [5, 5.41) is 10.0. The molecule has 1 aromatic heterocycles. The van der Waals surface area contributed by atoms with E-state index in [1.54, 1.807) is 24.3 Å². The number of rotatable bonds is 8. The molecule has 9 nitrogen and oxygen atoms in total. The topological polar surface area (TPSA) is 113 Å². The van der Waals surface area contributed by atoms with Crippen molar-refractivity contribution in [1.82, 2.24) is 20.0 Å². The lowest BCUT2D eigenvalue weighted by molar-refractivity contribution is -0.136. The maximum absolute atomic E-state index is 12.5. The highest BCUT2D eigenvalue weighted by Gasteiger charge is 2.33. The van der Waals surface area contributed by atoms with Gasteiger partial charge in [-0.05, 0) is 50.3 Å². The van der Waals surface area contributed by atoms with E-state index in [9.17, 15) is 18.0 Å². The quantitative estimate of drug-likeness (QED) is 0.451. The normalized spacial score (nSPS) is 14.5. The Morgan fingerprint density at radius 3 is 2.45 bits per heavy atom. The molecule has 0 fully saturated rings. The lowest BCUT2D eigenvalue weighted by Gasteiger charge is -2.17. The Balaban J connectivity index is 1.73. The van der Waals surface area contributed by atoms with Crippen molar-refractivity contribution in [3.8, 4) is 5.69 Å². The number of aromatic nitrogens is 2. The van der Waals surface area contributed by atoms with Crippen LogP contribution in [0, 0.1) is 0 Å². The first kappa shape index (κ1) is 23.2. The zero-order valence-corrected chi connectivity index (χ0v) is 19.1. The van der Waals surface area contributed by atoms with Gasteiger partial charge < -0.3 is 15.5 Å². The van der Waals surface area contributed by atoms with Gasteiger partial charge >= 0.3 is 11.8 Å². The van der Waals surface area contributed by atoms with Crippen LogP contribution in [0.25, 0.3) is 5.69 Å². The molecular weight excluding hydrogens is 442 g/mol. The Labute approximate surface area is 186 Å². The molecule has 2 aromatic rings. The number of hydrogen-bond donors (Lipinski definition) is 2. The average molecular weight is 468 g/mol. The predicted octanol–water partition coefficient (Wildman–Crippen LogP) is 1.74. The van der Waals surface area contributed by atoms with Crippen LogP contribution in [0.4, 0.5) is 5.82 Å². The molecule has 0 radical (unpaired) electrons. The van der Waals surface area contributed by atoms with Crippen LogP contribution in [-0.2, 0) is 30.9 Å². The van der Waals surface area contributed by atoms with E-state index in [0.717, 1.165) is 26.1 Å². The van der Waals surface area contributed by atoms with Crippen molar-refractivity contribution in [3.05, 3.63) is 40.5 Å². The highest BCUT2D eigenvalue weighted by Crippen LogP contribution is 2.33. The van der Waals surface area contributed by atoms with Crippen molar-refractivity contribution in [1.29, 1.82) is 0 Å². The highest BCUT2D eigenvalue weighted by atomic mass is 35.5. The third-order valence-corrected chi connectivity index (χ3v) is 6.82. The minimum Gasteiger partial charge on any atom is -0.348 e. The summed E-state index contributed by atoms with van der Waals surface area (Å²) in [6, 6.07) is 6.72. The standard InChI is InChI=1S/C20H26ClN5O4S/c1-3-25(4-2)11-5-10-22-19(27)20(28)23-18-16-12-31(29,30)13-17(16)24-26(18)15-8-6-14(21)7-9-15/h6-9H,3-5,10-13H2,1-2H3,(H,22,27)(H,23,28). The summed E-state index contributed by atoms with van der Waals surface area (Å²) in [4.78, 5) is 27.0. The molecule has 0 spiro atoms. The van der Waals surface area contributed by atoms with Crippen LogP contribution >= 0.6 is 11.6 Å². The van der Waals surface area contributed by atoms with E-state index in [1.807, 2.05) is 0 Å². The third-order valence-electron chi connectivity index (χ3n) is 5.13. The Morgan fingerprint density at radius 2 is 1.81 bits per heavy atom. The van der Waals surface area contributed by atoms with E-state index in [4.69, 9.17) is 11.6 Å². The van der Waals surface area contributed by atoms with Crippen LogP contribution in [0.3, 0.4) is 0 Å². The maximum Gasteiger partial charge on any atom is 0.314 e. The van der Waals surface area contributed by atoms with Gasteiger partial charge in [-0.25, -0.2) is 13.1 Å². The third kappa shape index (κ3) is 5.63. The summed E-state index contributed by atoms with van der Waals surface area (Å²) in [5.74, 6) is -1.91. The van der Waals surface area contributed by atoms with Gasteiger partial charge in [0.25, 0.3) is 0 Å². The fourth-order valence-corrected chi connectivity index (χ4v) is 5.05. The molecule has 0 aliphatic carbocycles. The number of carbonyl (C=O) groups excluding carboxylic acids is 2. The highest BCUT2D eigenvalue weighted by molar-refractivity contribution is 7.90. The van der Waals surface area contributed by atoms with Crippen molar-refractivity contribution in [2.24, 2.45) is 0 Å². The summed E-state index contributed by atoms with van der Waals surface area (Å²) < 4.78 is 25.5. The van der Waals surface area contributed by atoms with E-state index in [2.05, 4.69) is 34.5 Å². The van der Waals surface area contributed by atoms with Crippen LogP contribution in [-0.4, -0.2) is 61.1 Å². The second-order valence-corrected chi connectivity index (χ2v) is 9.79. The number of fused-ring (bicyclic) bond motifs is 1. The number of amides is 2. The lowest BCUT2D eigenvalue weighted by atomic mass is 10.2. The van der Waals surface area contributed by atoms with Crippen molar-refractivity contribution >= 4 is 39.1 Å². The number of anilines is 1. The minimum absolute atomic E-state index is 0.182. The first-order valence-electron chi connectivity index (χ1n) is 10.1. The summed E-state index contributed by atoms with van der Waals surface area (Å²) in [5.41, 5.74) is 1.36. The number of halogens is 1. The molecule has 1 aromatic carbocycles. The molecule has 31 heavy (non-hydrogen) atoms. The van der Waals surface area contributed by atoms with E-state index < -0.39 is 21.7 Å². The van der Waals surface area contributed by atoms with Crippen LogP contribution in [0.1, 0.15) is 31.5 Å². The van der Waals surface area contributed by atoms with Gasteiger partial charge in [-0.2, -0.15) is 5.10 Å². The average Bonchev–Trinajstić information content (AvgIpc) is 3.20. The van der Waals surface area contributed by atoms with Crippen molar-refractivity contribution in [2.45, 2.75) is 31.8 Å². The first-order chi connectivity index (χ1) is 14.7. The molecule has 0 saturated heterocycles. The first-order valence-corrected chi connectivity index (χ1v) is 12.3. The molecule has 2 amide bonds. The molecule has 3 rings (SSSR count). The molecule has 1 aliphatic heterocycles. The Morgan fingerprint density at radius 1 is 1.13 bits per heavy atom. The number of carbonyl (C=O) groups is 2. The van der Waals surface area contributed by atoms with Crippen molar-refractivity contribution < 1.29 is 18.0 Å². The Bertz CT molecular complexity index is 1060. The predicted molar refractivity (Wildman–Crippen MR) is 119 cm³/mol. The van der Waals surface area contributed by atoms with E-state index >= 15 is 0 Å². The zero-order chi connectivity index (χ0) is 22.6. The fourth-order valence-electron chi connectivity index (χ4n) is 3.43. The number of hydrogen-bond acceptors (Lipinski definition) is 6. The fraction of sp³-hybridized carbons (Fsp3) is 0.450. The molecule has 0 saturated carbocycles. The van der Waals surface area contributed by atoms with Gasteiger partial charge in [0.2, 0.25) is 0 Å². The number of sulfone groups is 1. The van der Waals surface area contributed by atoms with Crippen molar-refractivity contribution in [2.75, 3.05) is 31.5 Å². The zero-order valence-electron chi connectivity index (χ0n) is 17.5. The van der Waals surface area contributed by atoms with Crippen LogP contribution in [0.2, 0.25) is 5.02 Å². The number of benzene rings is 1. The lowest BCUT2D eigenvalue weighted by Crippen LogP contribution is -2.37. The maximum atomic E-state index is 12.5. The second kappa shape index (κ2) is 9.80. The SMILES string of the molecule is CCN(CC)CCCNC(=O)C(=O)Nc1c2c(nn1-c1ccc(Cl)cc1)CS(=O)(=O)C2. The smallest absolute Gasteiger partial charge is 0.314 e. The van der Waals surface area contributed by atoms with Crippen LogP contribution in [0.5, 0.6) is 0 Å². The largest absolute Gasteiger partial charge is 0.348 e. The van der Waals surface area contributed by atoms with Gasteiger partial charge in [0.15, 0.2) is 9.84 Å². The number of nitrogens with zero attached hydrogens (tertiary/aromatic N) is 3. The van der Waals surface area contributed by atoms with E-state index in [1.165, 1.54) is 4.68 Å². The Hall–Kier alpha value is -2.43. The molecule has 11 heteroatoms. The van der Waals surface area contributed by atoms with Gasteiger partial charge in [0.05, 0.1) is 22.9 Å². The summed E-state index contributed by atoms with van der Waals surface area (Å²) >= 11 is 5.94. The number of nitrogens with one attached hydrogen (secondary N) is 2. The van der Waals surface area contributed by atoms with Gasteiger partial charge in [-0.15, -0.1) is 0 Å². The molecule has 0 atom stereocenters. The van der Waals surface area contributed by atoms with E-state index in [0.29, 0.717) is 28.5 Å². The van der Waals surface area contributed by atoms with Gasteiger partial charge in [-0.3, -0.25) is 9.59 Å². The summed E-state index contributed by atoms with van der Waals surface area (Å²) in [6.07, 6.45) is 0.719. The van der Waals surface area contributed by atoms with Crippen LogP contribution < -0.4 is 10.6 Å². The monoisotopic (exact) mass is 467 g/mol. The summed E-state index contributed by atoms with van der Waals surface area (Å²) in [7, 11) is -3.33. The molecule has 1 aliphatic rings. The molecule has 168 valence electrons. The van der Waals surface area contributed by atoms with Crippen LogP contribution in [0.15, 0.2) is 24.3 Å². The Kier molecular flexibility index (Phi) is 7.34. The second-order valence-electron chi connectivity index (χ2n) is 7.28. The van der Waals surface area contributed by atoms with Gasteiger partial charge in [0.1, 0.15) is 5.82 Å². The molecule has 2 N–H and O–H groups in total. The molecule has 0 unspecified atom stereocenters. The molecule has 2 heterocycles.